The van der Waals surface area contributed by atoms with Crippen LogP contribution in [0.2, 0.25) is 0 Å². The van der Waals surface area contributed by atoms with E-state index in [1.807, 2.05) is 0 Å². The van der Waals surface area contributed by atoms with Gasteiger partial charge in [-0.2, -0.15) is 0 Å². The van der Waals surface area contributed by atoms with Gasteiger partial charge in [0.1, 0.15) is 0 Å². The first-order valence-electron chi connectivity index (χ1n) is 3.06. The molecule has 56 valence electrons. The summed E-state index contributed by atoms with van der Waals surface area (Å²) in [7, 11) is 0. The minimum atomic E-state index is -0.445. The average molecular weight is 133 g/mol. The van der Waals surface area contributed by atoms with Crippen LogP contribution in [-0.2, 0) is 0 Å². The molecule has 0 spiro atoms. The van der Waals surface area contributed by atoms with Crippen LogP contribution in [0.1, 0.15) is 12.8 Å². The Bertz CT molecular complexity index is 67.2. The molecule has 0 saturated carbocycles. The van der Waals surface area contributed by atoms with E-state index in [9.17, 15) is 0 Å². The van der Waals surface area contributed by atoms with Crippen LogP contribution in [0.4, 0.5) is 0 Å². The third-order valence-electron chi connectivity index (χ3n) is 1.11. The summed E-state index contributed by atoms with van der Waals surface area (Å²) >= 11 is 0. The molecule has 0 aromatic rings. The first kappa shape index (κ1) is 8.84. The minimum Gasteiger partial charge on any atom is -0.392 e. The fourth-order valence-electron chi connectivity index (χ4n) is 0.503. The molecule has 0 aliphatic rings. The third kappa shape index (κ3) is 5.72. The van der Waals surface area contributed by atoms with Crippen LogP contribution >= 0.6 is 0 Å². The SMILES string of the molecule is NCC(O)CCC(N)N. The fourth-order valence-corrected chi connectivity index (χ4v) is 0.503. The number of nitrogens with two attached hydrogens (primary N) is 3. The first-order valence-corrected chi connectivity index (χ1v) is 3.06. The molecule has 0 fully saturated rings. The van der Waals surface area contributed by atoms with Crippen molar-refractivity contribution in [3.63, 3.8) is 0 Å². The molecule has 0 amide bonds. The molecule has 1 unspecified atom stereocenters. The third-order valence-corrected chi connectivity index (χ3v) is 1.11. The van der Waals surface area contributed by atoms with Gasteiger partial charge in [0.05, 0.1) is 12.3 Å². The van der Waals surface area contributed by atoms with Gasteiger partial charge in [-0.3, -0.25) is 0 Å². The predicted octanol–water partition coefficient (Wildman–Crippen LogP) is -1.67. The molecule has 0 aromatic heterocycles. The Labute approximate surface area is 55.0 Å². The monoisotopic (exact) mass is 133 g/mol. The Balaban J connectivity index is 3.06. The Morgan fingerprint density at radius 3 is 2.11 bits per heavy atom. The molecule has 0 saturated heterocycles. The van der Waals surface area contributed by atoms with Gasteiger partial charge >= 0.3 is 0 Å². The van der Waals surface area contributed by atoms with Gasteiger partial charge in [0.25, 0.3) is 0 Å². The smallest absolute Gasteiger partial charge is 0.0663 e. The zero-order chi connectivity index (χ0) is 7.28. The van der Waals surface area contributed by atoms with Gasteiger partial charge in [-0.25, -0.2) is 0 Å². The van der Waals surface area contributed by atoms with Crippen molar-refractivity contribution in [1.82, 2.24) is 0 Å². The highest BCUT2D eigenvalue weighted by Crippen LogP contribution is 1.94. The van der Waals surface area contributed by atoms with Crippen molar-refractivity contribution >= 4 is 0 Å². The second-order valence-corrected chi connectivity index (χ2v) is 2.13. The van der Waals surface area contributed by atoms with Gasteiger partial charge in [0, 0.05) is 6.54 Å². The summed E-state index contributed by atoms with van der Waals surface area (Å²) < 4.78 is 0. The first-order chi connectivity index (χ1) is 4.16. The van der Waals surface area contributed by atoms with Crippen molar-refractivity contribution in [1.29, 1.82) is 0 Å². The minimum absolute atomic E-state index is 0.284. The van der Waals surface area contributed by atoms with Gasteiger partial charge in [-0.15, -0.1) is 0 Å². The van der Waals surface area contributed by atoms with E-state index in [0.29, 0.717) is 12.8 Å². The largest absolute Gasteiger partial charge is 0.392 e. The molecule has 0 aliphatic heterocycles. The van der Waals surface area contributed by atoms with E-state index in [2.05, 4.69) is 0 Å². The van der Waals surface area contributed by atoms with Crippen molar-refractivity contribution in [2.24, 2.45) is 17.2 Å². The Kier molecular flexibility index (Phi) is 4.61. The van der Waals surface area contributed by atoms with Gasteiger partial charge in [0.2, 0.25) is 0 Å². The molecule has 4 nitrogen and oxygen atoms in total. The summed E-state index contributed by atoms with van der Waals surface area (Å²) in [5.41, 5.74) is 15.6. The van der Waals surface area contributed by atoms with Crippen LogP contribution in [-0.4, -0.2) is 23.9 Å². The summed E-state index contributed by atoms with van der Waals surface area (Å²) in [5, 5.41) is 8.87. The topological polar surface area (TPSA) is 98.3 Å². The second-order valence-electron chi connectivity index (χ2n) is 2.13. The van der Waals surface area contributed by atoms with E-state index in [1.54, 1.807) is 0 Å². The molecule has 0 rings (SSSR count). The summed E-state index contributed by atoms with van der Waals surface area (Å²) in [6.07, 6.45) is 0.442. The second kappa shape index (κ2) is 4.69. The van der Waals surface area contributed by atoms with E-state index in [4.69, 9.17) is 22.3 Å². The molecular weight excluding hydrogens is 118 g/mol. The Hall–Kier alpha value is -0.160. The van der Waals surface area contributed by atoms with Crippen LogP contribution in [0.25, 0.3) is 0 Å². The van der Waals surface area contributed by atoms with E-state index in [1.165, 1.54) is 0 Å². The van der Waals surface area contributed by atoms with Gasteiger partial charge in [0.15, 0.2) is 0 Å². The molecule has 0 aromatic carbocycles. The van der Waals surface area contributed by atoms with Crippen LogP contribution in [0.5, 0.6) is 0 Å². The molecule has 4 heteroatoms. The highest BCUT2D eigenvalue weighted by molar-refractivity contribution is 4.59. The van der Waals surface area contributed by atoms with E-state index in [-0.39, 0.29) is 12.7 Å². The maximum Gasteiger partial charge on any atom is 0.0663 e. The van der Waals surface area contributed by atoms with Crippen LogP contribution in [0.3, 0.4) is 0 Å². The lowest BCUT2D eigenvalue weighted by Crippen LogP contribution is -2.32. The predicted molar refractivity (Wildman–Crippen MR) is 36.5 cm³/mol. The molecule has 0 radical (unpaired) electrons. The lowest BCUT2D eigenvalue weighted by molar-refractivity contribution is 0.167. The lowest BCUT2D eigenvalue weighted by atomic mass is 10.2. The zero-order valence-corrected chi connectivity index (χ0v) is 5.46. The summed E-state index contributed by atoms with van der Waals surface area (Å²) in [5.74, 6) is 0. The number of rotatable bonds is 4. The van der Waals surface area contributed by atoms with Crippen molar-refractivity contribution < 1.29 is 5.11 Å². The molecule has 1 atom stereocenters. The van der Waals surface area contributed by atoms with Crippen molar-refractivity contribution in [3.05, 3.63) is 0 Å². The van der Waals surface area contributed by atoms with E-state index in [0.717, 1.165) is 0 Å². The molecule has 0 aliphatic carbocycles. The van der Waals surface area contributed by atoms with Crippen LogP contribution < -0.4 is 17.2 Å². The Morgan fingerprint density at radius 2 is 1.78 bits per heavy atom. The number of aliphatic hydroxyl groups is 1. The summed E-state index contributed by atoms with van der Waals surface area (Å²) in [6, 6.07) is 0. The van der Waals surface area contributed by atoms with Crippen molar-refractivity contribution in [2.75, 3.05) is 6.54 Å². The molecular formula is C5H15N3O. The number of hydrogen-bond acceptors (Lipinski definition) is 4. The maximum atomic E-state index is 8.87. The van der Waals surface area contributed by atoms with Gasteiger partial charge < -0.3 is 22.3 Å². The highest BCUT2D eigenvalue weighted by atomic mass is 16.3. The summed E-state index contributed by atoms with van der Waals surface area (Å²) in [6.45, 7) is 0.284. The molecule has 9 heavy (non-hydrogen) atoms. The van der Waals surface area contributed by atoms with E-state index >= 15 is 0 Å². The normalized spacial score (nSPS) is 14.3. The fraction of sp³-hybridized carbons (Fsp3) is 1.00. The summed E-state index contributed by atoms with van der Waals surface area (Å²) in [4.78, 5) is 0. The average Bonchev–Trinajstić information content (AvgIpc) is 1.83. The lowest BCUT2D eigenvalue weighted by Gasteiger charge is -2.08. The zero-order valence-electron chi connectivity index (χ0n) is 5.46. The van der Waals surface area contributed by atoms with E-state index < -0.39 is 6.10 Å². The maximum absolute atomic E-state index is 8.87. The molecule has 0 bridgehead atoms. The van der Waals surface area contributed by atoms with Crippen LogP contribution in [0.15, 0.2) is 0 Å². The van der Waals surface area contributed by atoms with Gasteiger partial charge in [-0.1, -0.05) is 0 Å². The van der Waals surface area contributed by atoms with Gasteiger partial charge in [-0.05, 0) is 12.8 Å². The van der Waals surface area contributed by atoms with Crippen LogP contribution in [0, 0.1) is 0 Å². The van der Waals surface area contributed by atoms with Crippen molar-refractivity contribution in [3.8, 4) is 0 Å². The highest BCUT2D eigenvalue weighted by Gasteiger charge is 2.01. The van der Waals surface area contributed by atoms with Crippen molar-refractivity contribution in [2.45, 2.75) is 25.1 Å². The Morgan fingerprint density at radius 1 is 1.22 bits per heavy atom. The molecule has 0 heterocycles. The number of aliphatic hydroxyl groups excluding tert-OH is 1. The number of hydrogen-bond donors (Lipinski definition) is 4. The standard InChI is InChI=1S/C5H15N3O/c6-3-4(9)1-2-5(7)8/h4-5,9H,1-3,6-8H2. The molecule has 7 N–H and O–H groups in total. The quantitative estimate of drug-likeness (QED) is 0.345.